The van der Waals surface area contributed by atoms with Crippen molar-refractivity contribution in [1.82, 2.24) is 89.2 Å². The summed E-state index contributed by atoms with van der Waals surface area (Å²) in [5, 5.41) is 91.7. The predicted molar refractivity (Wildman–Crippen MR) is 222 cm³/mol. The van der Waals surface area contributed by atoms with Gasteiger partial charge in [0.15, 0.2) is 0 Å². The molecule has 0 atom stereocenters. The van der Waals surface area contributed by atoms with E-state index in [4.69, 9.17) is 67.5 Å². The molecule has 0 aliphatic heterocycles. The first-order valence-corrected chi connectivity index (χ1v) is 14.0. The minimum atomic E-state index is 0. The van der Waals surface area contributed by atoms with Gasteiger partial charge in [0.2, 0.25) is 0 Å². The summed E-state index contributed by atoms with van der Waals surface area (Å²) >= 11 is 22.2. The third kappa shape index (κ3) is 92.6. The van der Waals surface area contributed by atoms with E-state index in [-0.39, 0.29) is 56.7 Å². The maximum Gasteiger partial charge on any atom is 2.00 e. The molecule has 0 aliphatic rings. The van der Waals surface area contributed by atoms with Gasteiger partial charge in [-0.3, -0.25) is 0 Å². The minimum Gasteiger partial charge on any atom is -0.753 e. The zero-order valence-electron chi connectivity index (χ0n) is 28.2. The Labute approximate surface area is 390 Å². The van der Waals surface area contributed by atoms with Gasteiger partial charge in [-0.05, 0) is 0 Å². The van der Waals surface area contributed by atoms with Crippen molar-refractivity contribution < 1.29 is 56.7 Å². The summed E-state index contributed by atoms with van der Waals surface area (Å²) in [6.45, 7) is 0. The van der Waals surface area contributed by atoms with E-state index in [2.05, 4.69) is 134 Å². The molecular formula is C18H27Fe3N30OS6+. The van der Waals surface area contributed by atoms with Gasteiger partial charge >= 0.3 is 51.2 Å². The van der Waals surface area contributed by atoms with Crippen molar-refractivity contribution >= 4 is 104 Å². The first-order chi connectivity index (χ1) is 25.8. The van der Waals surface area contributed by atoms with E-state index < -0.39 is 0 Å². The van der Waals surface area contributed by atoms with Crippen LogP contribution in [0.25, 0.3) is 32.5 Å². The molecule has 6 heterocycles. The molecule has 0 spiro atoms. The number of thiocarbonyl (C=S) groups is 6. The second-order valence-corrected chi connectivity index (χ2v) is 7.10. The molecule has 40 heteroatoms. The van der Waals surface area contributed by atoms with Gasteiger partial charge in [0.05, 0.1) is 0 Å². The Hall–Kier alpha value is -6.04. The summed E-state index contributed by atoms with van der Waals surface area (Å²) in [7, 11) is 0. The molecule has 0 bridgehead atoms. The molecule has 6 aromatic rings. The van der Waals surface area contributed by atoms with Crippen molar-refractivity contribution in [2.24, 2.45) is 0 Å². The Kier molecular flexibility index (Phi) is 95.5. The third-order valence-electron chi connectivity index (χ3n) is 2.62. The molecule has 0 aliphatic carbocycles. The van der Waals surface area contributed by atoms with E-state index in [9.17, 15) is 0 Å². The number of nitrogens with zero attached hydrogens (tertiary/aromatic N) is 24. The number of hydrogen-bond acceptors (Lipinski definition) is 24. The Balaban J connectivity index is -0.0000000546. The van der Waals surface area contributed by atoms with Crippen molar-refractivity contribution in [3.63, 3.8) is 0 Å². The Morgan fingerprint density at radius 1 is 0.276 bits per heavy atom. The Morgan fingerprint density at radius 3 is 0.345 bits per heavy atom. The van der Waals surface area contributed by atoms with Crippen molar-refractivity contribution in [3.05, 3.63) is 108 Å². The van der Waals surface area contributed by atoms with Crippen LogP contribution < -0.4 is 35.1 Å². The third-order valence-corrected chi connectivity index (χ3v) is 2.62. The Bertz CT molecular complexity index is 1410. The van der Waals surface area contributed by atoms with Crippen LogP contribution in [-0.2, 0) is 56.7 Å². The van der Waals surface area contributed by atoms with Gasteiger partial charge in [-0.2, -0.15) is 31.0 Å². The van der Waals surface area contributed by atoms with Crippen molar-refractivity contribution in [2.75, 3.05) is 35.1 Å². The summed E-state index contributed by atoms with van der Waals surface area (Å²) in [4.78, 5) is 0. The Morgan fingerprint density at radius 2 is 0.328 bits per heavy atom. The van der Waals surface area contributed by atoms with Crippen LogP contribution in [0, 0.1) is 0 Å². The maximum atomic E-state index is 7.13. The van der Waals surface area contributed by atoms with Gasteiger partial charge in [0.25, 0.3) is 0 Å². The molecule has 0 saturated carbocycles. The quantitative estimate of drug-likeness (QED) is 0.0290. The average Bonchev–Trinajstić information content (AvgIpc) is 3.97. The number of nitrogens with two attached hydrogens (primary N) is 6. The van der Waals surface area contributed by atoms with E-state index in [1.54, 1.807) is 0 Å². The van der Waals surface area contributed by atoms with Crippen molar-refractivity contribution in [2.45, 2.75) is 0 Å². The topological polar surface area (TPSA) is 507 Å². The van der Waals surface area contributed by atoms with E-state index in [1.807, 2.05) is 0 Å². The average molecular weight is 1040 g/mol. The van der Waals surface area contributed by atoms with E-state index in [0.717, 1.165) is 0 Å². The van der Waals surface area contributed by atoms with Crippen LogP contribution in [-0.4, -0.2) is 120 Å². The SMILES string of the molecule is Nn1cnnc1.Nn1cnnc1.Nn1cnnc1.Nn1cnnc1.Nn1cnnc1.Nn1cnnc1.[Fe+2].[Fe+2].[Fe+2].[N-]=C=S.[N-]=C=S.[N-]=C=S.[N-]=C=S.[N-]=C=S.[N-]=C=S.[OH3+]. The first-order valence-electron chi connectivity index (χ1n) is 11.5. The maximum absolute atomic E-state index is 7.13. The number of rotatable bonds is 0. The van der Waals surface area contributed by atoms with Crippen LogP contribution in [0.15, 0.2) is 75.9 Å². The summed E-state index contributed by atoms with van der Waals surface area (Å²) in [6, 6.07) is 0. The van der Waals surface area contributed by atoms with Gasteiger partial charge in [0, 0.05) is 0 Å². The van der Waals surface area contributed by atoms with Gasteiger partial charge in [-0.25, -0.2) is 28.1 Å². The molecule has 314 valence electrons. The number of isothiocyanates is 6. The summed E-state index contributed by atoms with van der Waals surface area (Å²) in [6.07, 6.45) is 17.0. The van der Waals surface area contributed by atoms with Crippen LogP contribution >= 0.6 is 73.3 Å². The molecule has 0 amide bonds. The fourth-order valence-corrected chi connectivity index (χ4v) is 1.25. The standard InChI is InChI=1S/6C2H4N4.6CNS.3Fe.H2O/c6*3-6-1-4-5-2-6;6*2-1-3;;;;/h6*1-2H,3H2;;;;;;;;;;1H2/q;;;;;;6*-1;3*+2;/p+1. The molecule has 31 nitrogen and oxygen atoms in total. The molecule has 0 saturated heterocycles. The van der Waals surface area contributed by atoms with Crippen LogP contribution in [0.4, 0.5) is 0 Å². The molecular weight excluding hydrogens is 1010 g/mol. The molecule has 6 aromatic heterocycles. The van der Waals surface area contributed by atoms with E-state index in [0.29, 0.717) is 0 Å². The van der Waals surface area contributed by atoms with Gasteiger partial charge in [0.1, 0.15) is 75.9 Å². The fourth-order valence-electron chi connectivity index (χ4n) is 1.25. The minimum absolute atomic E-state index is 0. The molecule has 0 aromatic carbocycles. The van der Waals surface area contributed by atoms with Crippen LogP contribution in [0.2, 0.25) is 0 Å². The fraction of sp³-hybridized carbons (Fsp3) is 0. The number of hydrogen-bond donors (Lipinski definition) is 6. The molecule has 15 N–H and O–H groups in total. The molecule has 0 radical (unpaired) electrons. The van der Waals surface area contributed by atoms with E-state index in [1.165, 1.54) is 135 Å². The zero-order valence-corrected chi connectivity index (χ0v) is 36.4. The molecule has 0 unspecified atom stereocenters. The second kappa shape index (κ2) is 72.2. The second-order valence-electron chi connectivity index (χ2n) is 6.00. The monoisotopic (exact) mass is 1040 g/mol. The first kappa shape index (κ1) is 76.6. The predicted octanol–water partition coefficient (Wildman–Crippen LogP) is -3.03. The molecule has 6 rings (SSSR count). The zero-order chi connectivity index (χ0) is 42.7. The van der Waals surface area contributed by atoms with Gasteiger partial charge in [-0.1, -0.05) is 73.3 Å². The molecule has 0 fully saturated rings. The number of aromatic nitrogens is 18. The van der Waals surface area contributed by atoms with Crippen LogP contribution in [0.3, 0.4) is 0 Å². The summed E-state index contributed by atoms with van der Waals surface area (Å²) in [5.41, 5.74) is 0. The van der Waals surface area contributed by atoms with Crippen molar-refractivity contribution in [1.29, 1.82) is 0 Å². The summed E-state index contributed by atoms with van der Waals surface area (Å²) in [5.74, 6) is 30.4. The van der Waals surface area contributed by atoms with Crippen LogP contribution in [0.1, 0.15) is 0 Å². The van der Waals surface area contributed by atoms with Gasteiger partial charge < -0.3 is 73.0 Å². The largest absolute Gasteiger partial charge is 2.00 e. The number of nitrogen functional groups attached to an aromatic ring is 6. The van der Waals surface area contributed by atoms with Crippen LogP contribution in [0.5, 0.6) is 0 Å². The smallest absolute Gasteiger partial charge is 0.753 e. The van der Waals surface area contributed by atoms with E-state index >= 15 is 0 Å². The molecule has 58 heavy (non-hydrogen) atoms. The van der Waals surface area contributed by atoms with Crippen molar-refractivity contribution in [3.8, 4) is 0 Å². The summed E-state index contributed by atoms with van der Waals surface area (Å²) < 4.78 is 7.67. The normalized spacial score (nSPS) is 6.21. The van der Waals surface area contributed by atoms with Gasteiger partial charge in [-0.15, -0.1) is 61.2 Å².